The van der Waals surface area contributed by atoms with Gasteiger partial charge < -0.3 is 4.74 Å². The molecule has 0 saturated carbocycles. The lowest BCUT2D eigenvalue weighted by atomic mass is 10.1. The van der Waals surface area contributed by atoms with Crippen LogP contribution in [0.5, 0.6) is 0 Å². The highest BCUT2D eigenvalue weighted by Gasteiger charge is 2.11. The maximum Gasteiger partial charge on any atom is 0.374 e. The second-order valence-electron chi connectivity index (χ2n) is 2.73. The minimum atomic E-state index is -0.716. The number of unbranched alkanes of at least 4 members (excludes halogenated alkanes) is 3. The lowest BCUT2D eigenvalue weighted by molar-refractivity contribution is -0.151. The maximum atomic E-state index is 10.9. The molecule has 0 fully saturated rings. The van der Waals surface area contributed by atoms with Crippen molar-refractivity contribution in [2.24, 2.45) is 0 Å². The summed E-state index contributed by atoms with van der Waals surface area (Å²) in [6, 6.07) is 0. The molecule has 0 aromatic carbocycles. The van der Waals surface area contributed by atoms with Gasteiger partial charge in [0.2, 0.25) is 5.78 Å². The van der Waals surface area contributed by atoms with E-state index in [0.717, 1.165) is 25.7 Å². The van der Waals surface area contributed by atoms with Gasteiger partial charge in [-0.3, -0.25) is 4.79 Å². The first kappa shape index (κ1) is 11.1. The van der Waals surface area contributed by atoms with E-state index in [4.69, 9.17) is 0 Å². The van der Waals surface area contributed by atoms with Crippen LogP contribution in [0.25, 0.3) is 0 Å². The Labute approximate surface area is 73.1 Å². The van der Waals surface area contributed by atoms with Gasteiger partial charge in [-0.15, -0.1) is 0 Å². The van der Waals surface area contributed by atoms with Gasteiger partial charge in [-0.1, -0.05) is 26.2 Å². The van der Waals surface area contributed by atoms with Gasteiger partial charge in [-0.2, -0.15) is 0 Å². The van der Waals surface area contributed by atoms with E-state index < -0.39 is 11.8 Å². The number of esters is 1. The minimum Gasteiger partial charge on any atom is -0.463 e. The van der Waals surface area contributed by atoms with Crippen molar-refractivity contribution >= 4 is 11.8 Å². The van der Waals surface area contributed by atoms with Gasteiger partial charge in [0.1, 0.15) is 0 Å². The number of ketones is 1. The van der Waals surface area contributed by atoms with Gasteiger partial charge in [0.15, 0.2) is 0 Å². The van der Waals surface area contributed by atoms with Gasteiger partial charge in [0.25, 0.3) is 0 Å². The topological polar surface area (TPSA) is 43.4 Å². The van der Waals surface area contributed by atoms with E-state index in [1.54, 1.807) is 0 Å². The first-order valence-corrected chi connectivity index (χ1v) is 4.33. The number of hydrogen-bond acceptors (Lipinski definition) is 3. The number of Topliss-reactive ketones (excluding diaryl/α,β-unsaturated/α-hetero) is 1. The van der Waals surface area contributed by atoms with Crippen molar-refractivity contribution in [3.63, 3.8) is 0 Å². The van der Waals surface area contributed by atoms with Crippen LogP contribution in [0.3, 0.4) is 0 Å². The molecule has 0 spiro atoms. The molecule has 0 aliphatic heterocycles. The van der Waals surface area contributed by atoms with E-state index in [0.29, 0.717) is 6.42 Å². The standard InChI is InChI=1S/C9H16O3/c1-3-4-5-6-7-8(10)9(11)12-2/h3-7H2,1-2H3. The molecule has 0 aromatic heterocycles. The van der Waals surface area contributed by atoms with Gasteiger partial charge in [0.05, 0.1) is 7.11 Å². The SMILES string of the molecule is CCCCCCC(=O)C(=O)OC. The molecule has 0 bridgehead atoms. The Morgan fingerprint density at radius 3 is 2.33 bits per heavy atom. The molecule has 0 amide bonds. The predicted octanol–water partition coefficient (Wildman–Crippen LogP) is 1.70. The van der Waals surface area contributed by atoms with E-state index in [9.17, 15) is 9.59 Å². The summed E-state index contributed by atoms with van der Waals surface area (Å²) in [4.78, 5) is 21.5. The Balaban J connectivity index is 3.38. The molecule has 0 aromatic rings. The van der Waals surface area contributed by atoms with E-state index in [-0.39, 0.29) is 0 Å². The molecule has 3 nitrogen and oxygen atoms in total. The fraction of sp³-hybridized carbons (Fsp3) is 0.778. The monoisotopic (exact) mass is 172 g/mol. The summed E-state index contributed by atoms with van der Waals surface area (Å²) in [6.07, 6.45) is 4.38. The second kappa shape index (κ2) is 6.83. The van der Waals surface area contributed by atoms with Crippen molar-refractivity contribution in [2.75, 3.05) is 7.11 Å². The second-order valence-corrected chi connectivity index (χ2v) is 2.73. The first-order chi connectivity index (χ1) is 5.72. The summed E-state index contributed by atoms with van der Waals surface area (Å²) in [6.45, 7) is 2.10. The number of carbonyl (C=O) groups excluding carboxylic acids is 2. The lowest BCUT2D eigenvalue weighted by Crippen LogP contribution is -2.14. The maximum absolute atomic E-state index is 10.9. The third-order valence-electron chi connectivity index (χ3n) is 1.67. The van der Waals surface area contributed by atoms with Crippen molar-refractivity contribution in [3.8, 4) is 0 Å². The number of carbonyl (C=O) groups is 2. The zero-order valence-electron chi connectivity index (χ0n) is 7.76. The van der Waals surface area contributed by atoms with Gasteiger partial charge in [-0.05, 0) is 6.42 Å². The quantitative estimate of drug-likeness (QED) is 0.348. The third-order valence-corrected chi connectivity index (χ3v) is 1.67. The minimum absolute atomic E-state index is 0.326. The molecule has 0 aliphatic rings. The van der Waals surface area contributed by atoms with E-state index in [1.165, 1.54) is 7.11 Å². The fourth-order valence-electron chi connectivity index (χ4n) is 0.928. The summed E-state index contributed by atoms with van der Waals surface area (Å²) < 4.78 is 4.28. The summed E-state index contributed by atoms with van der Waals surface area (Å²) in [7, 11) is 1.23. The number of methoxy groups -OCH3 is 1. The fourth-order valence-corrected chi connectivity index (χ4v) is 0.928. The highest BCUT2D eigenvalue weighted by atomic mass is 16.5. The largest absolute Gasteiger partial charge is 0.463 e. The molecule has 0 unspecified atom stereocenters. The van der Waals surface area contributed by atoms with Crippen molar-refractivity contribution < 1.29 is 14.3 Å². The summed E-state index contributed by atoms with van der Waals surface area (Å²) in [5.74, 6) is -1.12. The zero-order chi connectivity index (χ0) is 9.40. The Hall–Kier alpha value is -0.860. The van der Waals surface area contributed by atoms with Crippen molar-refractivity contribution in [3.05, 3.63) is 0 Å². The highest BCUT2D eigenvalue weighted by molar-refractivity contribution is 6.33. The Bertz CT molecular complexity index is 152. The average molecular weight is 172 g/mol. The molecular weight excluding hydrogens is 156 g/mol. The van der Waals surface area contributed by atoms with Crippen LogP contribution in [-0.4, -0.2) is 18.9 Å². The third kappa shape index (κ3) is 4.88. The van der Waals surface area contributed by atoms with Crippen LogP contribution in [-0.2, 0) is 14.3 Å². The van der Waals surface area contributed by atoms with Crippen LogP contribution in [0, 0.1) is 0 Å². The molecule has 0 atom stereocenters. The van der Waals surface area contributed by atoms with Crippen LogP contribution in [0.4, 0.5) is 0 Å². The van der Waals surface area contributed by atoms with Crippen molar-refractivity contribution in [1.82, 2.24) is 0 Å². The van der Waals surface area contributed by atoms with Gasteiger partial charge >= 0.3 is 5.97 Å². The van der Waals surface area contributed by atoms with Crippen LogP contribution < -0.4 is 0 Å². The lowest BCUT2D eigenvalue weighted by Gasteiger charge is -1.97. The van der Waals surface area contributed by atoms with Crippen LogP contribution in [0.1, 0.15) is 39.0 Å². The van der Waals surface area contributed by atoms with Crippen LogP contribution in [0.2, 0.25) is 0 Å². The molecular formula is C9H16O3. The zero-order valence-corrected chi connectivity index (χ0v) is 7.76. The Kier molecular flexibility index (Phi) is 6.34. The smallest absolute Gasteiger partial charge is 0.374 e. The molecule has 3 heteroatoms. The highest BCUT2D eigenvalue weighted by Crippen LogP contribution is 2.03. The number of hydrogen-bond donors (Lipinski definition) is 0. The van der Waals surface area contributed by atoms with E-state index in [1.807, 2.05) is 0 Å². The molecule has 0 saturated heterocycles. The first-order valence-electron chi connectivity index (χ1n) is 4.33. The summed E-state index contributed by atoms with van der Waals surface area (Å²) in [5.41, 5.74) is 0. The molecule has 12 heavy (non-hydrogen) atoms. The average Bonchev–Trinajstić information content (AvgIpc) is 2.10. The van der Waals surface area contributed by atoms with E-state index >= 15 is 0 Å². The van der Waals surface area contributed by atoms with Crippen molar-refractivity contribution in [2.45, 2.75) is 39.0 Å². The normalized spacial score (nSPS) is 9.50. The molecule has 70 valence electrons. The van der Waals surface area contributed by atoms with Gasteiger partial charge in [-0.25, -0.2) is 4.79 Å². The number of ether oxygens (including phenoxy) is 1. The van der Waals surface area contributed by atoms with E-state index in [2.05, 4.69) is 11.7 Å². The Morgan fingerprint density at radius 2 is 1.83 bits per heavy atom. The van der Waals surface area contributed by atoms with Gasteiger partial charge in [0, 0.05) is 6.42 Å². The molecule has 0 heterocycles. The van der Waals surface area contributed by atoms with Crippen LogP contribution in [0.15, 0.2) is 0 Å². The Morgan fingerprint density at radius 1 is 1.17 bits per heavy atom. The molecule has 0 radical (unpaired) electrons. The van der Waals surface area contributed by atoms with Crippen LogP contribution >= 0.6 is 0 Å². The predicted molar refractivity (Wildman–Crippen MR) is 45.8 cm³/mol. The molecule has 0 aliphatic carbocycles. The summed E-state index contributed by atoms with van der Waals surface area (Å²) in [5, 5.41) is 0. The number of rotatable bonds is 6. The molecule has 0 rings (SSSR count). The summed E-state index contributed by atoms with van der Waals surface area (Å²) >= 11 is 0. The van der Waals surface area contributed by atoms with Crippen molar-refractivity contribution in [1.29, 1.82) is 0 Å². The molecule has 0 N–H and O–H groups in total.